The number of rotatable bonds is 6. The quantitative estimate of drug-likeness (QED) is 0.862. The minimum absolute atomic E-state index is 0.244. The van der Waals surface area contributed by atoms with E-state index in [1.165, 1.54) is 0 Å². The number of para-hydroxylation sites is 1. The molecule has 116 valence electrons. The van der Waals surface area contributed by atoms with Gasteiger partial charge >= 0.3 is 0 Å². The summed E-state index contributed by atoms with van der Waals surface area (Å²) in [5, 5.41) is 0. The summed E-state index contributed by atoms with van der Waals surface area (Å²) in [5.74, 6) is 1.54. The summed E-state index contributed by atoms with van der Waals surface area (Å²) in [6.07, 6.45) is 0. The number of aliphatic imine (C=N–C) groups is 1. The normalized spacial score (nSPS) is 21.8. The minimum Gasteiger partial charge on any atom is -0.494 e. The van der Waals surface area contributed by atoms with Crippen molar-refractivity contribution in [3.05, 3.63) is 29.8 Å². The molecule has 1 aliphatic rings. The third-order valence-corrected chi connectivity index (χ3v) is 3.96. The van der Waals surface area contributed by atoms with E-state index in [0.29, 0.717) is 19.1 Å². The summed E-state index contributed by atoms with van der Waals surface area (Å²) in [4.78, 5) is 8.81. The van der Waals surface area contributed by atoms with Crippen molar-refractivity contribution in [3.8, 4) is 5.75 Å². The Labute approximate surface area is 127 Å². The van der Waals surface area contributed by atoms with Crippen LogP contribution in [-0.2, 0) is 5.54 Å². The van der Waals surface area contributed by atoms with E-state index in [2.05, 4.69) is 41.9 Å². The fourth-order valence-electron chi connectivity index (χ4n) is 2.74. The molecule has 0 aliphatic carbocycles. The molecule has 5 nitrogen and oxygen atoms in total. The first-order valence-electron chi connectivity index (χ1n) is 7.43. The number of guanidine groups is 1. The van der Waals surface area contributed by atoms with Gasteiger partial charge < -0.3 is 20.3 Å². The molecule has 1 atom stereocenters. The maximum atomic E-state index is 6.12. The lowest BCUT2D eigenvalue weighted by molar-refractivity contribution is 0.197. The smallest absolute Gasteiger partial charge is 0.192 e. The molecule has 1 heterocycles. The summed E-state index contributed by atoms with van der Waals surface area (Å²) in [6, 6.07) is 8.17. The second-order valence-corrected chi connectivity index (χ2v) is 5.83. The number of ether oxygens (including phenoxy) is 1. The van der Waals surface area contributed by atoms with Gasteiger partial charge in [0.1, 0.15) is 5.75 Å². The van der Waals surface area contributed by atoms with Gasteiger partial charge in [-0.3, -0.25) is 4.99 Å². The van der Waals surface area contributed by atoms with Gasteiger partial charge in [0.25, 0.3) is 0 Å². The Morgan fingerprint density at radius 2 is 2.10 bits per heavy atom. The fraction of sp³-hybridized carbons (Fsp3) is 0.562. The lowest BCUT2D eigenvalue weighted by atomic mass is 9.90. The van der Waals surface area contributed by atoms with Gasteiger partial charge in [-0.1, -0.05) is 18.2 Å². The van der Waals surface area contributed by atoms with Crippen LogP contribution in [0.3, 0.4) is 0 Å². The van der Waals surface area contributed by atoms with E-state index in [4.69, 9.17) is 10.5 Å². The van der Waals surface area contributed by atoms with Gasteiger partial charge in [-0.05, 0) is 34.0 Å². The van der Waals surface area contributed by atoms with Crippen LogP contribution in [0.2, 0.25) is 0 Å². The molecule has 21 heavy (non-hydrogen) atoms. The average Bonchev–Trinajstić information content (AvgIpc) is 2.74. The first-order valence-corrected chi connectivity index (χ1v) is 7.43. The van der Waals surface area contributed by atoms with Crippen molar-refractivity contribution in [1.29, 1.82) is 0 Å². The van der Waals surface area contributed by atoms with Crippen LogP contribution in [0.1, 0.15) is 19.4 Å². The average molecular weight is 290 g/mol. The van der Waals surface area contributed by atoms with Crippen molar-refractivity contribution in [2.75, 3.05) is 40.3 Å². The van der Waals surface area contributed by atoms with E-state index in [0.717, 1.165) is 24.4 Å². The highest BCUT2D eigenvalue weighted by atomic mass is 16.5. The largest absolute Gasteiger partial charge is 0.494 e. The summed E-state index contributed by atoms with van der Waals surface area (Å²) in [6.45, 7) is 7.28. The van der Waals surface area contributed by atoms with E-state index in [1.807, 2.05) is 25.1 Å². The second-order valence-electron chi connectivity index (χ2n) is 5.83. The molecule has 0 aromatic heterocycles. The Kier molecular flexibility index (Phi) is 4.73. The zero-order valence-electron chi connectivity index (χ0n) is 13.5. The van der Waals surface area contributed by atoms with Crippen LogP contribution in [0.15, 0.2) is 29.3 Å². The molecule has 0 bridgehead atoms. The molecule has 1 aromatic carbocycles. The van der Waals surface area contributed by atoms with Gasteiger partial charge in [0, 0.05) is 18.7 Å². The Bertz CT molecular complexity index is 515. The Morgan fingerprint density at radius 1 is 1.38 bits per heavy atom. The monoisotopic (exact) mass is 290 g/mol. The topological polar surface area (TPSA) is 54.1 Å². The zero-order valence-corrected chi connectivity index (χ0v) is 13.5. The lowest BCUT2D eigenvalue weighted by Gasteiger charge is -2.38. The number of benzene rings is 1. The van der Waals surface area contributed by atoms with Gasteiger partial charge in [-0.15, -0.1) is 0 Å². The predicted octanol–water partition coefficient (Wildman–Crippen LogP) is 1.49. The molecule has 2 rings (SSSR count). The number of hydrogen-bond donors (Lipinski definition) is 1. The molecule has 0 fully saturated rings. The fourth-order valence-corrected chi connectivity index (χ4v) is 2.74. The summed E-state index contributed by atoms with van der Waals surface area (Å²) < 4.78 is 5.79. The van der Waals surface area contributed by atoms with Crippen LogP contribution >= 0.6 is 0 Å². The Balaban J connectivity index is 2.31. The highest BCUT2D eigenvalue weighted by molar-refractivity contribution is 5.81. The van der Waals surface area contributed by atoms with Gasteiger partial charge in [0.15, 0.2) is 5.96 Å². The van der Waals surface area contributed by atoms with Gasteiger partial charge in [0.05, 0.1) is 18.7 Å². The van der Waals surface area contributed by atoms with Gasteiger partial charge in [0.2, 0.25) is 0 Å². The van der Waals surface area contributed by atoms with Crippen LogP contribution in [0, 0.1) is 0 Å². The van der Waals surface area contributed by atoms with E-state index in [9.17, 15) is 0 Å². The van der Waals surface area contributed by atoms with Crippen molar-refractivity contribution < 1.29 is 4.74 Å². The minimum atomic E-state index is -0.244. The van der Waals surface area contributed by atoms with Crippen molar-refractivity contribution in [2.24, 2.45) is 10.7 Å². The molecule has 0 amide bonds. The molecule has 0 saturated carbocycles. The zero-order chi connectivity index (χ0) is 15.5. The molecular formula is C16H26N4O. The van der Waals surface area contributed by atoms with Crippen LogP contribution in [-0.4, -0.2) is 56.1 Å². The first kappa shape index (κ1) is 15.6. The number of nitrogens with zero attached hydrogens (tertiary/aromatic N) is 3. The summed E-state index contributed by atoms with van der Waals surface area (Å²) in [7, 11) is 4.13. The van der Waals surface area contributed by atoms with Crippen molar-refractivity contribution >= 4 is 5.96 Å². The summed E-state index contributed by atoms with van der Waals surface area (Å²) in [5.41, 5.74) is 7.02. The second kappa shape index (κ2) is 6.35. The van der Waals surface area contributed by atoms with Crippen molar-refractivity contribution in [3.63, 3.8) is 0 Å². The van der Waals surface area contributed by atoms with Crippen LogP contribution in [0.5, 0.6) is 5.75 Å². The molecule has 0 radical (unpaired) electrons. The van der Waals surface area contributed by atoms with Crippen molar-refractivity contribution in [2.45, 2.75) is 19.4 Å². The molecule has 0 saturated heterocycles. The summed E-state index contributed by atoms with van der Waals surface area (Å²) >= 11 is 0. The lowest BCUT2D eigenvalue weighted by Crippen LogP contribution is -2.49. The molecule has 1 unspecified atom stereocenters. The third kappa shape index (κ3) is 3.13. The highest BCUT2D eigenvalue weighted by Crippen LogP contribution is 2.37. The SMILES string of the molecule is CCOc1ccccc1C1(C)CN=C(N)N1CCN(C)C. The van der Waals surface area contributed by atoms with Gasteiger partial charge in [-0.2, -0.15) is 0 Å². The van der Waals surface area contributed by atoms with Crippen LogP contribution < -0.4 is 10.5 Å². The van der Waals surface area contributed by atoms with Crippen LogP contribution in [0.4, 0.5) is 0 Å². The van der Waals surface area contributed by atoms with E-state index >= 15 is 0 Å². The number of nitrogens with two attached hydrogens (primary N) is 1. The van der Waals surface area contributed by atoms with E-state index in [1.54, 1.807) is 0 Å². The van der Waals surface area contributed by atoms with Crippen LogP contribution in [0.25, 0.3) is 0 Å². The predicted molar refractivity (Wildman–Crippen MR) is 86.7 cm³/mol. The van der Waals surface area contributed by atoms with Crippen molar-refractivity contribution in [1.82, 2.24) is 9.80 Å². The maximum Gasteiger partial charge on any atom is 0.192 e. The Hall–Kier alpha value is -1.75. The standard InChI is InChI=1S/C16H26N4O/c1-5-21-14-9-7-6-8-13(14)16(2)12-18-15(17)20(16)11-10-19(3)4/h6-9H,5,10-12H2,1-4H3,(H2,17,18). The molecule has 0 spiro atoms. The molecular weight excluding hydrogens is 264 g/mol. The molecule has 1 aliphatic heterocycles. The van der Waals surface area contributed by atoms with E-state index in [-0.39, 0.29) is 5.54 Å². The number of likely N-dealkylation sites (N-methyl/N-ethyl adjacent to an activating group) is 1. The molecule has 5 heteroatoms. The molecule has 1 aromatic rings. The van der Waals surface area contributed by atoms with E-state index < -0.39 is 0 Å². The molecule has 2 N–H and O–H groups in total. The number of hydrogen-bond acceptors (Lipinski definition) is 5. The van der Waals surface area contributed by atoms with Gasteiger partial charge in [-0.25, -0.2) is 0 Å². The first-order chi connectivity index (χ1) is 9.99. The maximum absolute atomic E-state index is 6.12. The third-order valence-electron chi connectivity index (χ3n) is 3.96. The Morgan fingerprint density at radius 3 is 2.76 bits per heavy atom. The highest BCUT2D eigenvalue weighted by Gasteiger charge is 2.41.